The molecule has 0 saturated heterocycles. The first-order valence-electron chi connectivity index (χ1n) is 3.50. The summed E-state index contributed by atoms with van der Waals surface area (Å²) in [7, 11) is 1.59. The van der Waals surface area contributed by atoms with Gasteiger partial charge in [0.25, 0.3) is 0 Å². The van der Waals surface area contributed by atoms with Crippen molar-refractivity contribution in [1.82, 2.24) is 4.98 Å². The molecule has 76 valence electrons. The minimum atomic E-state index is -0.0369. The molecule has 0 fully saturated rings. The summed E-state index contributed by atoms with van der Waals surface area (Å²) < 4.78 is 4.94. The first-order chi connectivity index (χ1) is 5.24. The van der Waals surface area contributed by atoms with Gasteiger partial charge in [0, 0.05) is 12.1 Å². The summed E-state index contributed by atoms with van der Waals surface area (Å²) >= 11 is 0. The average molecular weight is 225 g/mol. The predicted molar refractivity (Wildman–Crippen MR) is 57.9 cm³/mol. The van der Waals surface area contributed by atoms with Crippen LogP contribution in [0.1, 0.15) is 18.7 Å². The molecule has 3 nitrogen and oxygen atoms in total. The molecule has 0 aliphatic heterocycles. The summed E-state index contributed by atoms with van der Waals surface area (Å²) in [5.74, 6) is 0.611. The van der Waals surface area contributed by atoms with Gasteiger partial charge in [-0.25, -0.2) is 4.98 Å². The van der Waals surface area contributed by atoms with Gasteiger partial charge in [0.2, 0.25) is 5.88 Å². The van der Waals surface area contributed by atoms with E-state index in [9.17, 15) is 0 Å². The molecule has 0 spiro atoms. The molecular formula is C8H14Cl2N2O. The minimum Gasteiger partial charge on any atom is -0.481 e. The molecule has 13 heavy (non-hydrogen) atoms. The molecule has 0 saturated carbocycles. The van der Waals surface area contributed by atoms with Crippen molar-refractivity contribution in [3.8, 4) is 5.88 Å². The molecule has 1 heterocycles. The van der Waals surface area contributed by atoms with Gasteiger partial charge < -0.3 is 10.5 Å². The Labute approximate surface area is 90.5 Å². The summed E-state index contributed by atoms with van der Waals surface area (Å²) in [5.41, 5.74) is 6.47. The molecule has 0 amide bonds. The van der Waals surface area contributed by atoms with Gasteiger partial charge >= 0.3 is 0 Å². The van der Waals surface area contributed by atoms with E-state index in [1.807, 2.05) is 19.1 Å². The molecule has 0 unspecified atom stereocenters. The quantitative estimate of drug-likeness (QED) is 0.836. The third-order valence-corrected chi connectivity index (χ3v) is 1.42. The fourth-order valence-electron chi connectivity index (χ4n) is 0.798. The Bertz CT molecular complexity index is 243. The summed E-state index contributed by atoms with van der Waals surface area (Å²) in [6, 6.07) is 5.52. The Kier molecular flexibility index (Phi) is 8.01. The van der Waals surface area contributed by atoms with E-state index in [0.717, 1.165) is 5.69 Å². The second kappa shape index (κ2) is 6.95. The number of ether oxygens (including phenoxy) is 1. The number of aromatic nitrogens is 1. The second-order valence-corrected chi connectivity index (χ2v) is 2.39. The van der Waals surface area contributed by atoms with E-state index in [1.54, 1.807) is 13.2 Å². The van der Waals surface area contributed by atoms with Crippen LogP contribution < -0.4 is 10.5 Å². The van der Waals surface area contributed by atoms with E-state index in [1.165, 1.54) is 0 Å². The van der Waals surface area contributed by atoms with Crippen molar-refractivity contribution in [3.05, 3.63) is 23.9 Å². The maximum atomic E-state index is 5.62. The monoisotopic (exact) mass is 224 g/mol. The van der Waals surface area contributed by atoms with E-state index in [0.29, 0.717) is 5.88 Å². The summed E-state index contributed by atoms with van der Waals surface area (Å²) in [5, 5.41) is 0. The van der Waals surface area contributed by atoms with Crippen molar-refractivity contribution in [2.45, 2.75) is 13.0 Å². The lowest BCUT2D eigenvalue weighted by Crippen LogP contribution is -2.07. The maximum Gasteiger partial charge on any atom is 0.213 e. The van der Waals surface area contributed by atoms with Crippen LogP contribution in [0.5, 0.6) is 5.88 Å². The Morgan fingerprint density at radius 2 is 2.00 bits per heavy atom. The standard InChI is InChI=1S/C8H12N2O.2ClH/c1-6(9)7-4-3-5-8(10-7)11-2;;/h3-6H,9H2,1-2H3;2*1H/t6-;;/m0../s1. The number of nitrogens with zero attached hydrogens (tertiary/aromatic N) is 1. The topological polar surface area (TPSA) is 48.1 Å². The lowest BCUT2D eigenvalue weighted by molar-refractivity contribution is 0.395. The zero-order valence-electron chi connectivity index (χ0n) is 7.56. The van der Waals surface area contributed by atoms with Gasteiger partial charge in [-0.2, -0.15) is 0 Å². The highest BCUT2D eigenvalue weighted by Crippen LogP contribution is 2.10. The van der Waals surface area contributed by atoms with Gasteiger partial charge in [-0.15, -0.1) is 24.8 Å². The van der Waals surface area contributed by atoms with Crippen molar-refractivity contribution in [2.24, 2.45) is 5.73 Å². The number of pyridine rings is 1. The van der Waals surface area contributed by atoms with Crippen LogP contribution in [0.15, 0.2) is 18.2 Å². The van der Waals surface area contributed by atoms with Crippen LogP contribution in [-0.2, 0) is 0 Å². The van der Waals surface area contributed by atoms with Gasteiger partial charge in [0.15, 0.2) is 0 Å². The minimum absolute atomic E-state index is 0. The molecular weight excluding hydrogens is 211 g/mol. The predicted octanol–water partition coefficient (Wildman–Crippen LogP) is 1.95. The average Bonchev–Trinajstić information content (AvgIpc) is 2.05. The first-order valence-corrected chi connectivity index (χ1v) is 3.50. The summed E-state index contributed by atoms with van der Waals surface area (Å²) in [6.07, 6.45) is 0. The summed E-state index contributed by atoms with van der Waals surface area (Å²) in [6.45, 7) is 1.89. The Morgan fingerprint density at radius 3 is 2.46 bits per heavy atom. The van der Waals surface area contributed by atoms with Gasteiger partial charge in [-0.1, -0.05) is 6.07 Å². The van der Waals surface area contributed by atoms with E-state index in [-0.39, 0.29) is 30.9 Å². The van der Waals surface area contributed by atoms with Gasteiger partial charge in [-0.05, 0) is 13.0 Å². The Balaban J connectivity index is 0. The van der Waals surface area contributed by atoms with Crippen LogP contribution >= 0.6 is 24.8 Å². The van der Waals surface area contributed by atoms with Crippen LogP contribution in [0, 0.1) is 0 Å². The maximum absolute atomic E-state index is 5.62. The van der Waals surface area contributed by atoms with E-state index < -0.39 is 0 Å². The zero-order valence-corrected chi connectivity index (χ0v) is 9.19. The first kappa shape index (κ1) is 15.0. The van der Waals surface area contributed by atoms with E-state index >= 15 is 0 Å². The number of nitrogens with two attached hydrogens (primary N) is 1. The normalized spacial score (nSPS) is 10.7. The third kappa shape index (κ3) is 4.31. The van der Waals surface area contributed by atoms with Crippen LogP contribution in [0.4, 0.5) is 0 Å². The highest BCUT2D eigenvalue weighted by molar-refractivity contribution is 5.85. The molecule has 5 heteroatoms. The lowest BCUT2D eigenvalue weighted by Gasteiger charge is -2.05. The van der Waals surface area contributed by atoms with Crippen LogP contribution in [0.3, 0.4) is 0 Å². The van der Waals surface area contributed by atoms with Gasteiger partial charge in [0.05, 0.1) is 12.8 Å². The molecule has 0 radical (unpaired) electrons. The van der Waals surface area contributed by atoms with Crippen molar-refractivity contribution in [3.63, 3.8) is 0 Å². The second-order valence-electron chi connectivity index (χ2n) is 2.39. The third-order valence-electron chi connectivity index (χ3n) is 1.42. The fraction of sp³-hybridized carbons (Fsp3) is 0.375. The lowest BCUT2D eigenvalue weighted by atomic mass is 10.2. The highest BCUT2D eigenvalue weighted by atomic mass is 35.5. The molecule has 2 N–H and O–H groups in total. The number of rotatable bonds is 2. The fourth-order valence-corrected chi connectivity index (χ4v) is 0.798. The van der Waals surface area contributed by atoms with Crippen molar-refractivity contribution in [2.75, 3.05) is 7.11 Å². The van der Waals surface area contributed by atoms with Crippen molar-refractivity contribution >= 4 is 24.8 Å². The van der Waals surface area contributed by atoms with E-state index in [4.69, 9.17) is 10.5 Å². The largest absolute Gasteiger partial charge is 0.481 e. The number of halogens is 2. The Morgan fingerprint density at radius 1 is 1.38 bits per heavy atom. The number of hydrogen-bond donors (Lipinski definition) is 1. The summed E-state index contributed by atoms with van der Waals surface area (Å²) in [4.78, 5) is 4.14. The molecule has 0 bridgehead atoms. The molecule has 0 aromatic carbocycles. The Hall–Kier alpha value is -0.510. The molecule has 0 aliphatic carbocycles. The highest BCUT2D eigenvalue weighted by Gasteiger charge is 2.00. The smallest absolute Gasteiger partial charge is 0.213 e. The molecule has 1 rings (SSSR count). The van der Waals surface area contributed by atoms with Crippen molar-refractivity contribution in [1.29, 1.82) is 0 Å². The molecule has 1 atom stereocenters. The van der Waals surface area contributed by atoms with E-state index in [2.05, 4.69) is 4.98 Å². The SMILES string of the molecule is COc1cccc([C@H](C)N)n1.Cl.Cl. The van der Waals surface area contributed by atoms with Crippen LogP contribution in [-0.4, -0.2) is 12.1 Å². The van der Waals surface area contributed by atoms with Crippen molar-refractivity contribution < 1.29 is 4.74 Å². The van der Waals surface area contributed by atoms with Gasteiger partial charge in [0.1, 0.15) is 0 Å². The molecule has 0 aliphatic rings. The zero-order chi connectivity index (χ0) is 8.27. The number of methoxy groups -OCH3 is 1. The van der Waals surface area contributed by atoms with Crippen LogP contribution in [0.25, 0.3) is 0 Å². The molecule has 1 aromatic rings. The van der Waals surface area contributed by atoms with Gasteiger partial charge in [-0.3, -0.25) is 0 Å². The van der Waals surface area contributed by atoms with Crippen LogP contribution in [0.2, 0.25) is 0 Å². The molecule has 1 aromatic heterocycles. The number of hydrogen-bond acceptors (Lipinski definition) is 3.